The van der Waals surface area contributed by atoms with Crippen molar-refractivity contribution in [1.29, 1.82) is 0 Å². The number of carbonyl (C=O) groups is 1. The second-order valence-corrected chi connectivity index (χ2v) is 6.53. The van der Waals surface area contributed by atoms with E-state index in [9.17, 15) is 13.6 Å². The Morgan fingerprint density at radius 3 is 2.46 bits per heavy atom. The Morgan fingerprint density at radius 1 is 1.12 bits per heavy atom. The van der Waals surface area contributed by atoms with Gasteiger partial charge in [0.15, 0.2) is 0 Å². The fourth-order valence-corrected chi connectivity index (χ4v) is 3.39. The summed E-state index contributed by atoms with van der Waals surface area (Å²) in [6, 6.07) is 10.6. The number of aromatic nitrogens is 2. The topological polar surface area (TPSA) is 46.9 Å². The number of nitrogens with zero attached hydrogens (tertiary/aromatic N) is 2. The minimum atomic E-state index is -0.673. The highest BCUT2D eigenvalue weighted by atomic mass is 19.1. The van der Waals surface area contributed by atoms with Crippen LogP contribution in [-0.4, -0.2) is 15.5 Å². The standard InChI is InChI=1S/C20H17F2N3O/c21-15-4-2-14(3-5-15)20(8-1-9-20)19(26)24-16-6-7-18(17(22)12-16)25-11-10-23-13-25/h2-7,10-13H,1,8-9H2,(H,24,26). The number of nitrogens with one attached hydrogen (secondary N) is 1. The van der Waals surface area contributed by atoms with Gasteiger partial charge in [-0.1, -0.05) is 18.6 Å². The van der Waals surface area contributed by atoms with Gasteiger partial charge in [-0.05, 0) is 48.7 Å². The van der Waals surface area contributed by atoms with Gasteiger partial charge in [0.05, 0.1) is 17.4 Å². The number of imidazole rings is 1. The van der Waals surface area contributed by atoms with Crippen LogP contribution in [0.1, 0.15) is 24.8 Å². The quantitative estimate of drug-likeness (QED) is 0.764. The Labute approximate surface area is 149 Å². The second-order valence-electron chi connectivity index (χ2n) is 6.53. The van der Waals surface area contributed by atoms with Crippen molar-refractivity contribution in [2.75, 3.05) is 5.32 Å². The zero-order valence-electron chi connectivity index (χ0n) is 14.0. The number of hydrogen-bond donors (Lipinski definition) is 1. The molecule has 0 bridgehead atoms. The number of amides is 1. The summed E-state index contributed by atoms with van der Waals surface area (Å²) >= 11 is 0. The molecule has 2 aromatic carbocycles. The van der Waals surface area contributed by atoms with Gasteiger partial charge in [-0.2, -0.15) is 0 Å². The summed E-state index contributed by atoms with van der Waals surface area (Å²) in [6.07, 6.45) is 7.04. The Hall–Kier alpha value is -3.02. The Balaban J connectivity index is 1.57. The van der Waals surface area contributed by atoms with E-state index in [1.165, 1.54) is 24.5 Å². The van der Waals surface area contributed by atoms with Crippen LogP contribution in [0.5, 0.6) is 0 Å². The first-order chi connectivity index (χ1) is 12.6. The third-order valence-electron chi connectivity index (χ3n) is 5.03. The highest BCUT2D eigenvalue weighted by Crippen LogP contribution is 2.44. The van der Waals surface area contributed by atoms with E-state index in [2.05, 4.69) is 10.3 Å². The smallest absolute Gasteiger partial charge is 0.235 e. The maximum Gasteiger partial charge on any atom is 0.235 e. The molecule has 4 rings (SSSR count). The van der Waals surface area contributed by atoms with E-state index in [0.717, 1.165) is 12.0 Å². The van der Waals surface area contributed by atoms with E-state index in [4.69, 9.17) is 0 Å². The summed E-state index contributed by atoms with van der Waals surface area (Å²) in [6.45, 7) is 0. The second kappa shape index (κ2) is 6.37. The van der Waals surface area contributed by atoms with Gasteiger partial charge in [0.25, 0.3) is 0 Å². The normalized spacial score (nSPS) is 15.3. The third-order valence-corrected chi connectivity index (χ3v) is 5.03. The van der Waals surface area contributed by atoms with Crippen LogP contribution in [0.2, 0.25) is 0 Å². The van der Waals surface area contributed by atoms with Gasteiger partial charge < -0.3 is 9.88 Å². The molecule has 1 aliphatic rings. The molecule has 26 heavy (non-hydrogen) atoms. The van der Waals surface area contributed by atoms with Crippen LogP contribution in [-0.2, 0) is 10.2 Å². The lowest BCUT2D eigenvalue weighted by Crippen LogP contribution is -2.46. The molecule has 132 valence electrons. The Bertz CT molecular complexity index is 932. The first-order valence-electron chi connectivity index (χ1n) is 8.44. The van der Waals surface area contributed by atoms with Crippen molar-refractivity contribution in [2.45, 2.75) is 24.7 Å². The highest BCUT2D eigenvalue weighted by molar-refractivity contribution is 6.00. The molecule has 0 spiro atoms. The largest absolute Gasteiger partial charge is 0.325 e. The van der Waals surface area contributed by atoms with Crippen LogP contribution < -0.4 is 5.32 Å². The van der Waals surface area contributed by atoms with Crippen molar-refractivity contribution in [1.82, 2.24) is 9.55 Å². The van der Waals surface area contributed by atoms with Crippen molar-refractivity contribution in [2.24, 2.45) is 0 Å². The first kappa shape index (κ1) is 16.4. The van der Waals surface area contributed by atoms with Gasteiger partial charge in [0, 0.05) is 18.1 Å². The number of hydrogen-bond acceptors (Lipinski definition) is 2. The molecule has 0 saturated heterocycles. The van der Waals surface area contributed by atoms with Gasteiger partial charge in [-0.3, -0.25) is 4.79 Å². The number of benzene rings is 2. The molecule has 1 fully saturated rings. The molecule has 0 radical (unpaired) electrons. The lowest BCUT2D eigenvalue weighted by Gasteiger charge is -2.40. The molecule has 1 aromatic heterocycles. The van der Waals surface area contributed by atoms with Gasteiger partial charge in [-0.15, -0.1) is 0 Å². The summed E-state index contributed by atoms with van der Waals surface area (Å²) in [4.78, 5) is 16.8. The fraction of sp³-hybridized carbons (Fsp3) is 0.200. The molecular formula is C20H17F2N3O. The first-order valence-corrected chi connectivity index (χ1v) is 8.44. The molecule has 1 amide bonds. The number of halogens is 2. The van der Waals surface area contributed by atoms with Gasteiger partial charge >= 0.3 is 0 Å². The predicted molar refractivity (Wildman–Crippen MR) is 94.1 cm³/mol. The minimum absolute atomic E-state index is 0.190. The predicted octanol–water partition coefficient (Wildman–Crippen LogP) is 4.21. The molecule has 0 atom stereocenters. The molecule has 3 aromatic rings. The van der Waals surface area contributed by atoms with Crippen molar-refractivity contribution in [3.63, 3.8) is 0 Å². The van der Waals surface area contributed by atoms with Crippen LogP contribution in [0.25, 0.3) is 5.69 Å². The maximum atomic E-state index is 14.4. The van der Waals surface area contributed by atoms with Crippen LogP contribution in [0.15, 0.2) is 61.2 Å². The molecule has 1 saturated carbocycles. The maximum absolute atomic E-state index is 14.4. The summed E-state index contributed by atoms with van der Waals surface area (Å²) in [7, 11) is 0. The average molecular weight is 353 g/mol. The van der Waals surface area contributed by atoms with Crippen molar-refractivity contribution < 1.29 is 13.6 Å². The van der Waals surface area contributed by atoms with E-state index in [0.29, 0.717) is 24.2 Å². The van der Waals surface area contributed by atoms with Crippen molar-refractivity contribution in [3.8, 4) is 5.69 Å². The zero-order valence-corrected chi connectivity index (χ0v) is 14.0. The van der Waals surface area contributed by atoms with Crippen molar-refractivity contribution in [3.05, 3.63) is 78.4 Å². The molecule has 0 unspecified atom stereocenters. The van der Waals surface area contributed by atoms with E-state index in [1.54, 1.807) is 41.2 Å². The lowest BCUT2D eigenvalue weighted by atomic mass is 9.64. The molecule has 4 nitrogen and oxygen atoms in total. The van der Waals surface area contributed by atoms with Crippen LogP contribution >= 0.6 is 0 Å². The van der Waals surface area contributed by atoms with E-state index >= 15 is 0 Å². The monoisotopic (exact) mass is 353 g/mol. The summed E-state index contributed by atoms with van der Waals surface area (Å²) in [5, 5.41) is 2.81. The van der Waals surface area contributed by atoms with Gasteiger partial charge in [0.1, 0.15) is 11.6 Å². The van der Waals surface area contributed by atoms with E-state index < -0.39 is 11.2 Å². The molecule has 0 aliphatic heterocycles. The SMILES string of the molecule is O=C(Nc1ccc(-n2ccnc2)c(F)c1)C1(c2ccc(F)cc2)CCC1. The third kappa shape index (κ3) is 2.77. The van der Waals surface area contributed by atoms with Gasteiger partial charge in [-0.25, -0.2) is 13.8 Å². The average Bonchev–Trinajstić information content (AvgIpc) is 3.10. The lowest BCUT2D eigenvalue weighted by molar-refractivity contribution is -0.124. The minimum Gasteiger partial charge on any atom is -0.325 e. The van der Waals surface area contributed by atoms with Crippen LogP contribution in [0.4, 0.5) is 14.5 Å². The van der Waals surface area contributed by atoms with Gasteiger partial charge in [0.2, 0.25) is 5.91 Å². The zero-order chi connectivity index (χ0) is 18.1. The number of rotatable bonds is 4. The Morgan fingerprint density at radius 2 is 1.88 bits per heavy atom. The number of anilines is 1. The highest BCUT2D eigenvalue weighted by Gasteiger charge is 2.45. The number of carbonyl (C=O) groups excluding carboxylic acids is 1. The Kier molecular flexibility index (Phi) is 4.03. The van der Waals surface area contributed by atoms with E-state index in [1.807, 2.05) is 0 Å². The van der Waals surface area contributed by atoms with Crippen LogP contribution in [0, 0.1) is 11.6 Å². The van der Waals surface area contributed by atoms with Crippen LogP contribution in [0.3, 0.4) is 0 Å². The summed E-state index contributed by atoms with van der Waals surface area (Å²) in [5.41, 5.74) is 0.869. The summed E-state index contributed by atoms with van der Waals surface area (Å²) in [5.74, 6) is -0.976. The molecule has 1 N–H and O–H groups in total. The molecule has 1 aliphatic carbocycles. The fourth-order valence-electron chi connectivity index (χ4n) is 3.39. The molecule has 6 heteroatoms. The van der Waals surface area contributed by atoms with Crippen molar-refractivity contribution >= 4 is 11.6 Å². The summed E-state index contributed by atoms with van der Waals surface area (Å²) < 4.78 is 29.1. The molecular weight excluding hydrogens is 336 g/mol. The molecule has 1 heterocycles. The van der Waals surface area contributed by atoms with E-state index in [-0.39, 0.29) is 11.7 Å².